The van der Waals surface area contributed by atoms with E-state index in [2.05, 4.69) is 10.6 Å². The van der Waals surface area contributed by atoms with Gasteiger partial charge in [0.05, 0.1) is 23.2 Å². The maximum absolute atomic E-state index is 14.0. The molecule has 3 amide bonds. The number of carbonyl (C=O) groups is 3. The predicted molar refractivity (Wildman–Crippen MR) is 151 cm³/mol. The molecule has 2 unspecified atom stereocenters. The summed E-state index contributed by atoms with van der Waals surface area (Å²) in [6, 6.07) is 16.4. The Balaban J connectivity index is 1.36. The van der Waals surface area contributed by atoms with E-state index >= 15 is 0 Å². The number of aliphatic hydroxyl groups is 1. The Kier molecular flexibility index (Phi) is 8.47. The van der Waals surface area contributed by atoms with E-state index in [1.165, 1.54) is 0 Å². The Bertz CT molecular complexity index is 1180. The van der Waals surface area contributed by atoms with Crippen LogP contribution in [-0.4, -0.2) is 63.5 Å². The highest BCUT2D eigenvalue weighted by Gasteiger charge is 2.73. The van der Waals surface area contributed by atoms with Gasteiger partial charge in [0.2, 0.25) is 17.7 Å². The monoisotopic (exact) mass is 551 g/mol. The van der Waals surface area contributed by atoms with E-state index in [1.54, 1.807) is 16.7 Å². The summed E-state index contributed by atoms with van der Waals surface area (Å²) < 4.78 is 4.89. The van der Waals surface area contributed by atoms with Gasteiger partial charge >= 0.3 is 0 Å². The molecule has 3 aliphatic heterocycles. The molecule has 8 nitrogen and oxygen atoms in total. The van der Waals surface area contributed by atoms with Crippen molar-refractivity contribution >= 4 is 35.2 Å². The van der Waals surface area contributed by atoms with Gasteiger partial charge in [0.25, 0.3) is 0 Å². The topological polar surface area (TPSA) is 108 Å². The lowest BCUT2D eigenvalue weighted by atomic mass is 9.70. The van der Waals surface area contributed by atoms with Gasteiger partial charge in [0.15, 0.2) is 0 Å². The molecule has 0 aromatic heterocycles. The Morgan fingerprint density at radius 3 is 2.56 bits per heavy atom. The Morgan fingerprint density at radius 2 is 1.85 bits per heavy atom. The Hall–Kier alpha value is -3.04. The second-order valence-corrected chi connectivity index (χ2v) is 12.1. The summed E-state index contributed by atoms with van der Waals surface area (Å²) in [6.45, 7) is 3.42. The number of hydrogen-bond donors (Lipinski definition) is 3. The van der Waals surface area contributed by atoms with Crippen molar-refractivity contribution in [3.8, 4) is 5.75 Å². The zero-order chi connectivity index (χ0) is 27.4. The number of nitrogens with zero attached hydrogens (tertiary/aromatic N) is 1. The van der Waals surface area contributed by atoms with E-state index in [0.717, 1.165) is 30.6 Å². The van der Waals surface area contributed by atoms with Gasteiger partial charge < -0.3 is 25.4 Å². The van der Waals surface area contributed by atoms with Crippen LogP contribution in [0.5, 0.6) is 5.75 Å². The molecular formula is C30H37N3O5S. The summed E-state index contributed by atoms with van der Waals surface area (Å²) in [4.78, 5) is 43.1. The van der Waals surface area contributed by atoms with Gasteiger partial charge in [0.1, 0.15) is 11.8 Å². The third-order valence-corrected chi connectivity index (χ3v) is 10.1. The molecule has 39 heavy (non-hydrogen) atoms. The van der Waals surface area contributed by atoms with Crippen molar-refractivity contribution in [2.75, 3.05) is 25.1 Å². The zero-order valence-electron chi connectivity index (χ0n) is 22.3. The van der Waals surface area contributed by atoms with Crippen LogP contribution in [0.4, 0.5) is 5.69 Å². The summed E-state index contributed by atoms with van der Waals surface area (Å²) in [5.41, 5.74) is 1.66. The number of hydrogen-bond acceptors (Lipinski definition) is 6. The van der Waals surface area contributed by atoms with Crippen LogP contribution >= 0.6 is 11.8 Å². The molecule has 0 aliphatic carbocycles. The molecule has 2 aromatic rings. The first kappa shape index (κ1) is 27.5. The number of carbonyl (C=O) groups excluding carboxylic acids is 3. The number of nitrogens with one attached hydrogen (secondary N) is 2. The summed E-state index contributed by atoms with van der Waals surface area (Å²) in [5.74, 6) is -0.707. The fraction of sp³-hybridized carbons (Fsp3) is 0.500. The van der Waals surface area contributed by atoms with Gasteiger partial charge in [-0.05, 0) is 68.9 Å². The molecule has 3 heterocycles. The number of thioether (sulfide) groups is 1. The molecule has 3 aliphatic rings. The minimum absolute atomic E-state index is 0.00242. The number of fused-ring (bicyclic) bond motifs is 1. The second-order valence-electron chi connectivity index (χ2n) is 10.5. The lowest BCUT2D eigenvalue weighted by Crippen LogP contribution is -2.53. The molecule has 208 valence electrons. The van der Waals surface area contributed by atoms with Crippen molar-refractivity contribution in [1.82, 2.24) is 10.2 Å². The lowest BCUT2D eigenvalue weighted by Gasteiger charge is -2.34. The van der Waals surface area contributed by atoms with Gasteiger partial charge in [-0.1, -0.05) is 30.3 Å². The van der Waals surface area contributed by atoms with Crippen LogP contribution in [-0.2, 0) is 20.9 Å². The predicted octanol–water partition coefficient (Wildman–Crippen LogP) is 3.59. The van der Waals surface area contributed by atoms with Crippen molar-refractivity contribution < 1.29 is 24.2 Å². The van der Waals surface area contributed by atoms with Crippen LogP contribution < -0.4 is 15.4 Å². The maximum Gasteiger partial charge on any atom is 0.244 e. The quantitative estimate of drug-likeness (QED) is 0.348. The average Bonchev–Trinajstić information content (AvgIpc) is 3.59. The van der Waals surface area contributed by atoms with Gasteiger partial charge in [-0.15, -0.1) is 11.8 Å². The van der Waals surface area contributed by atoms with Crippen LogP contribution in [0.25, 0.3) is 0 Å². The fourth-order valence-electron chi connectivity index (χ4n) is 6.47. The number of benzene rings is 2. The minimum Gasteiger partial charge on any atom is -0.494 e. The number of aliphatic hydroxyl groups excluding tert-OH is 1. The molecule has 0 radical (unpaired) electrons. The van der Waals surface area contributed by atoms with Gasteiger partial charge in [-0.2, -0.15) is 0 Å². The van der Waals surface area contributed by atoms with Crippen LogP contribution in [0, 0.1) is 11.8 Å². The van der Waals surface area contributed by atoms with Crippen LogP contribution in [0.1, 0.15) is 44.6 Å². The Morgan fingerprint density at radius 1 is 1.08 bits per heavy atom. The summed E-state index contributed by atoms with van der Waals surface area (Å²) >= 11 is 1.67. The molecule has 3 fully saturated rings. The highest BCUT2D eigenvalue weighted by molar-refractivity contribution is 8.02. The highest BCUT2D eigenvalue weighted by Crippen LogP contribution is 2.66. The minimum atomic E-state index is -0.619. The van der Waals surface area contributed by atoms with Gasteiger partial charge in [0, 0.05) is 30.6 Å². The van der Waals surface area contributed by atoms with Crippen molar-refractivity contribution in [2.45, 2.75) is 61.6 Å². The van der Waals surface area contributed by atoms with Gasteiger partial charge in [-0.25, -0.2) is 0 Å². The number of likely N-dealkylation sites (tertiary alicyclic amines) is 1. The van der Waals surface area contributed by atoms with Crippen molar-refractivity contribution in [3.63, 3.8) is 0 Å². The lowest BCUT2D eigenvalue weighted by molar-refractivity contribution is -0.139. The van der Waals surface area contributed by atoms with Gasteiger partial charge in [-0.3, -0.25) is 14.4 Å². The molecule has 3 N–H and O–H groups in total. The number of ether oxygens (including phenoxy) is 1. The number of rotatable bonds is 12. The standard InChI is InChI=1S/C30H37N3O5S/c1-2-38-22-13-11-21(12-14-22)32-27(35)24-23-15-16-30(39-23)25(24)29(37)33(17-7-4-8-18-34)26(30)28(36)31-19-20-9-5-3-6-10-20/h3,5-6,9-14,23-26,34H,2,4,7-8,15-19H2,1H3,(H,31,36)(H,32,35)/t23-,24+,25+,26?,30?/m1/s1. The summed E-state index contributed by atoms with van der Waals surface area (Å²) in [6.07, 6.45) is 3.67. The molecule has 2 aromatic carbocycles. The van der Waals surface area contributed by atoms with E-state index in [9.17, 15) is 19.5 Å². The number of amides is 3. The fourth-order valence-corrected chi connectivity index (χ4v) is 8.69. The third kappa shape index (κ3) is 5.39. The van der Waals surface area contributed by atoms with E-state index < -0.39 is 22.6 Å². The molecular weight excluding hydrogens is 514 g/mol. The number of anilines is 1. The third-order valence-electron chi connectivity index (χ3n) is 8.15. The van der Waals surface area contributed by atoms with Crippen molar-refractivity contribution in [3.05, 3.63) is 60.2 Å². The van der Waals surface area contributed by atoms with E-state index in [1.807, 2.05) is 61.5 Å². The first-order chi connectivity index (χ1) is 19.0. The highest BCUT2D eigenvalue weighted by atomic mass is 32.2. The molecule has 5 atom stereocenters. The molecule has 0 saturated carbocycles. The largest absolute Gasteiger partial charge is 0.494 e. The van der Waals surface area contributed by atoms with E-state index in [4.69, 9.17) is 4.74 Å². The molecule has 3 saturated heterocycles. The van der Waals surface area contributed by atoms with E-state index in [-0.39, 0.29) is 29.6 Å². The Labute approximate surface area is 233 Å². The second kappa shape index (κ2) is 12.0. The first-order valence-electron chi connectivity index (χ1n) is 13.9. The smallest absolute Gasteiger partial charge is 0.244 e. The normalized spacial score (nSPS) is 26.9. The maximum atomic E-state index is 14.0. The molecule has 5 rings (SSSR count). The average molecular weight is 552 g/mol. The van der Waals surface area contributed by atoms with Crippen LogP contribution in [0.2, 0.25) is 0 Å². The first-order valence-corrected chi connectivity index (χ1v) is 14.8. The van der Waals surface area contributed by atoms with Crippen LogP contribution in [0.3, 0.4) is 0 Å². The zero-order valence-corrected chi connectivity index (χ0v) is 23.1. The van der Waals surface area contributed by atoms with Crippen LogP contribution in [0.15, 0.2) is 54.6 Å². The molecule has 1 spiro atoms. The molecule has 2 bridgehead atoms. The van der Waals surface area contributed by atoms with Crippen molar-refractivity contribution in [1.29, 1.82) is 0 Å². The number of unbranched alkanes of at least 4 members (excludes halogenated alkanes) is 2. The SMILES string of the molecule is CCOc1ccc(NC(=O)[C@@H]2[C@H]3C(=O)N(CCCCCO)C(C(=O)NCc4ccccc4)C34CC[C@H]2S4)cc1. The molecule has 9 heteroatoms. The summed E-state index contributed by atoms with van der Waals surface area (Å²) in [7, 11) is 0. The van der Waals surface area contributed by atoms with E-state index in [0.29, 0.717) is 38.2 Å². The van der Waals surface area contributed by atoms with Crippen molar-refractivity contribution in [2.24, 2.45) is 11.8 Å². The summed E-state index contributed by atoms with van der Waals surface area (Å²) in [5, 5.41) is 15.3.